The largest absolute Gasteiger partial charge is 0.480 e. The van der Waals surface area contributed by atoms with Crippen molar-refractivity contribution in [3.8, 4) is 0 Å². The summed E-state index contributed by atoms with van der Waals surface area (Å²) in [4.78, 5) is 125. The maximum absolute atomic E-state index is 14.7. The van der Waals surface area contributed by atoms with E-state index in [0.29, 0.717) is 12.0 Å². The highest BCUT2D eigenvalue weighted by Gasteiger charge is 2.34. The predicted molar refractivity (Wildman–Crippen MR) is 272 cm³/mol. The molecule has 3 aromatic rings. The van der Waals surface area contributed by atoms with Crippen LogP contribution in [-0.4, -0.2) is 118 Å². The van der Waals surface area contributed by atoms with Crippen molar-refractivity contribution in [2.24, 2.45) is 17.8 Å². The molecule has 0 bridgehead atoms. The maximum Gasteiger partial charge on any atom is 0.326 e. The number of hydrogen-bond donors (Lipinski definition) is 10. The first-order chi connectivity index (χ1) is 34.6. The Morgan fingerprint density at radius 1 is 0.767 bits per heavy atom. The third-order valence-corrected chi connectivity index (χ3v) is 12.4. The van der Waals surface area contributed by atoms with Crippen LogP contribution in [0.25, 0.3) is 10.9 Å². The number of fused-ring (bicyclic) bond motifs is 1. The number of aliphatic carboxylic acids is 2. The van der Waals surface area contributed by atoms with Crippen LogP contribution in [0.2, 0.25) is 0 Å². The van der Waals surface area contributed by atoms with Crippen molar-refractivity contribution in [2.45, 2.75) is 129 Å². The van der Waals surface area contributed by atoms with Gasteiger partial charge in [0.2, 0.25) is 35.4 Å². The van der Waals surface area contributed by atoms with E-state index in [4.69, 9.17) is 4.74 Å². The number of carbonyl (C=O) groups excluding carboxylic acids is 7. The number of aromatic nitrogens is 1. The van der Waals surface area contributed by atoms with Crippen LogP contribution in [0.3, 0.4) is 0 Å². The first-order valence-corrected chi connectivity index (χ1v) is 24.3. The van der Waals surface area contributed by atoms with Crippen LogP contribution in [0.1, 0.15) is 85.3 Å². The minimum atomic E-state index is -1.84. The predicted octanol–water partition coefficient (Wildman–Crippen LogP) is 3.09. The standard InChI is InChI=1S/C53H70N8O12/c1-9-37-49(66)55-33(7)48(65)60-41(23-29(2)3)50(67)61-43(53(71)72)27-46(63)57-42(26-35-28-54-39-18-14-13-17-36(35)39)51(68)58-38(32(6)47(64)59-40(52(69)70)21-22-45(62)56-37)20-19-30(4)24-31(5)44(73-8)25-34-15-11-10-12-16-34/h9-20,24,28-29,31-33,38,40-44,54H,21-23,25-27H2,1-8H3,(H,55,66)(H,56,62)(H,57,63)(H,58,68)(H,59,64)(H,60,65)(H,61,67)(H,69,70)(H,71,72)/b20-19+,30-24+,37-9+/t31-,32-,33+,38-,40+,41-,42-,43+,44-/m0/s1. The van der Waals surface area contributed by atoms with Crippen molar-refractivity contribution in [1.29, 1.82) is 0 Å². The van der Waals surface area contributed by atoms with Gasteiger partial charge in [0, 0.05) is 43.0 Å². The molecule has 394 valence electrons. The molecule has 1 saturated heterocycles. The van der Waals surface area contributed by atoms with E-state index in [1.165, 1.54) is 26.8 Å². The number of H-pyrrole nitrogens is 1. The molecule has 1 fully saturated rings. The molecule has 0 saturated carbocycles. The Kier molecular flexibility index (Phi) is 22.1. The Bertz CT molecular complexity index is 2550. The summed E-state index contributed by atoms with van der Waals surface area (Å²) in [7, 11) is 1.62. The van der Waals surface area contributed by atoms with Gasteiger partial charge in [0.05, 0.1) is 24.5 Å². The molecule has 9 atom stereocenters. The van der Waals surface area contributed by atoms with E-state index in [-0.39, 0.29) is 36.5 Å². The Hall–Kier alpha value is -7.61. The molecule has 10 N–H and O–H groups in total. The van der Waals surface area contributed by atoms with Crippen molar-refractivity contribution in [3.05, 3.63) is 107 Å². The van der Waals surface area contributed by atoms with Gasteiger partial charge < -0.3 is 57.2 Å². The quantitative estimate of drug-likeness (QED) is 0.0873. The lowest BCUT2D eigenvalue weighted by molar-refractivity contribution is -0.144. The fraction of sp³-hybridized carbons (Fsp3) is 0.453. The molecule has 1 aliphatic rings. The fourth-order valence-electron chi connectivity index (χ4n) is 8.22. The van der Waals surface area contributed by atoms with Crippen molar-refractivity contribution >= 4 is 64.2 Å². The molecular weight excluding hydrogens is 941 g/mol. The molecule has 73 heavy (non-hydrogen) atoms. The normalized spacial score (nSPS) is 24.5. The molecule has 2 aromatic carbocycles. The molecular formula is C53H70N8O12. The summed E-state index contributed by atoms with van der Waals surface area (Å²) >= 11 is 0. The number of amides is 7. The molecule has 1 aromatic heterocycles. The van der Waals surface area contributed by atoms with Gasteiger partial charge in [0.1, 0.15) is 35.9 Å². The van der Waals surface area contributed by atoms with E-state index in [0.717, 1.165) is 22.0 Å². The Morgan fingerprint density at radius 2 is 1.41 bits per heavy atom. The molecule has 0 spiro atoms. The number of aromatic amines is 1. The van der Waals surface area contributed by atoms with Gasteiger partial charge in [0.25, 0.3) is 5.91 Å². The number of rotatable bonds is 13. The highest BCUT2D eigenvalue weighted by molar-refractivity contribution is 6.01. The molecule has 20 heteroatoms. The highest BCUT2D eigenvalue weighted by atomic mass is 16.5. The van der Waals surface area contributed by atoms with Gasteiger partial charge in [-0.15, -0.1) is 0 Å². The number of carboxylic acids is 2. The number of methoxy groups -OCH3 is 1. The van der Waals surface area contributed by atoms with Gasteiger partial charge in [0.15, 0.2) is 0 Å². The average molecular weight is 1010 g/mol. The van der Waals surface area contributed by atoms with Gasteiger partial charge in [-0.25, -0.2) is 9.59 Å². The number of ether oxygens (including phenoxy) is 1. The zero-order chi connectivity index (χ0) is 53.9. The molecule has 4 rings (SSSR count). The third-order valence-electron chi connectivity index (χ3n) is 12.4. The number of para-hydroxylation sites is 1. The van der Waals surface area contributed by atoms with Crippen LogP contribution < -0.4 is 37.2 Å². The summed E-state index contributed by atoms with van der Waals surface area (Å²) in [6.45, 7) is 11.5. The van der Waals surface area contributed by atoms with E-state index in [9.17, 15) is 53.4 Å². The number of hydrogen-bond acceptors (Lipinski definition) is 10. The minimum absolute atomic E-state index is 0.0266. The Balaban J connectivity index is 1.78. The molecule has 20 nitrogen and oxygen atoms in total. The van der Waals surface area contributed by atoms with Crippen LogP contribution in [-0.2, 0) is 60.7 Å². The SMILES string of the molecule is C/C=C1/NC(=O)CC[C@H](C(=O)O)NC(=O)[C@@H](C)[C@H](/C=C/C(C)=C/[C@H](C)[C@H](Cc2ccccc2)OC)NC(=O)[C@H](Cc2c[nH]c3ccccc23)NC(=O)C[C@H](C(=O)O)NC(=O)[C@H](CC(C)C)NC(=O)[C@@H](C)NC1=O. The Labute approximate surface area is 425 Å². The summed E-state index contributed by atoms with van der Waals surface area (Å²) in [6, 6.07) is 8.40. The highest BCUT2D eigenvalue weighted by Crippen LogP contribution is 2.21. The molecule has 0 radical (unpaired) electrons. The van der Waals surface area contributed by atoms with E-state index in [2.05, 4.69) is 42.2 Å². The average Bonchev–Trinajstić information content (AvgIpc) is 3.75. The topological polar surface area (TPSA) is 303 Å². The lowest BCUT2D eigenvalue weighted by Crippen LogP contribution is -2.57. The molecule has 0 unspecified atom stereocenters. The first-order valence-electron chi connectivity index (χ1n) is 24.3. The second-order valence-corrected chi connectivity index (χ2v) is 18.8. The number of allylic oxidation sites excluding steroid dienone is 3. The zero-order valence-corrected chi connectivity index (χ0v) is 42.6. The number of carboxylic acid groups (broad SMARTS) is 2. The zero-order valence-electron chi connectivity index (χ0n) is 42.6. The molecule has 2 heterocycles. The van der Waals surface area contributed by atoms with Gasteiger partial charge in [-0.2, -0.15) is 0 Å². The summed E-state index contributed by atoms with van der Waals surface area (Å²) < 4.78 is 5.84. The van der Waals surface area contributed by atoms with E-state index < -0.39 is 115 Å². The van der Waals surface area contributed by atoms with Gasteiger partial charge >= 0.3 is 11.9 Å². The van der Waals surface area contributed by atoms with E-state index >= 15 is 0 Å². The third kappa shape index (κ3) is 17.9. The van der Waals surface area contributed by atoms with Crippen LogP contribution in [0.5, 0.6) is 0 Å². The van der Waals surface area contributed by atoms with Crippen molar-refractivity contribution < 1.29 is 58.1 Å². The van der Waals surface area contributed by atoms with Gasteiger partial charge in [-0.1, -0.05) is 106 Å². The molecule has 7 amide bonds. The maximum atomic E-state index is 14.7. The first kappa shape index (κ1) is 58.0. The fourth-order valence-corrected chi connectivity index (χ4v) is 8.22. The number of nitrogens with one attached hydrogen (secondary N) is 8. The van der Waals surface area contributed by atoms with Gasteiger partial charge in [-0.05, 0) is 63.1 Å². The minimum Gasteiger partial charge on any atom is -0.480 e. The van der Waals surface area contributed by atoms with Crippen molar-refractivity contribution in [1.82, 2.24) is 42.2 Å². The van der Waals surface area contributed by atoms with Crippen LogP contribution >= 0.6 is 0 Å². The van der Waals surface area contributed by atoms with Crippen molar-refractivity contribution in [2.75, 3.05) is 7.11 Å². The smallest absolute Gasteiger partial charge is 0.326 e. The molecule has 1 aliphatic heterocycles. The van der Waals surface area contributed by atoms with Crippen molar-refractivity contribution in [3.63, 3.8) is 0 Å². The number of carbonyl (C=O) groups is 9. The summed E-state index contributed by atoms with van der Waals surface area (Å²) in [5.74, 6) is -10.6. The van der Waals surface area contributed by atoms with Crippen LogP contribution in [0.4, 0.5) is 0 Å². The lowest BCUT2D eigenvalue weighted by atomic mass is 9.94. The van der Waals surface area contributed by atoms with Gasteiger partial charge in [-0.3, -0.25) is 33.6 Å². The number of benzene rings is 2. The molecule has 0 aliphatic carbocycles. The van der Waals surface area contributed by atoms with E-state index in [1.54, 1.807) is 45.4 Å². The Morgan fingerprint density at radius 3 is 2.05 bits per heavy atom. The summed E-state index contributed by atoms with van der Waals surface area (Å²) in [5.41, 5.74) is 2.86. The second-order valence-electron chi connectivity index (χ2n) is 18.8. The summed E-state index contributed by atoms with van der Waals surface area (Å²) in [6.07, 6.45) is 6.71. The lowest BCUT2D eigenvalue weighted by Gasteiger charge is -2.27. The van der Waals surface area contributed by atoms with Crippen LogP contribution in [0, 0.1) is 17.8 Å². The van der Waals surface area contributed by atoms with Crippen LogP contribution in [0.15, 0.2) is 96.4 Å². The van der Waals surface area contributed by atoms with E-state index in [1.807, 2.05) is 68.5 Å². The summed E-state index contributed by atoms with van der Waals surface area (Å²) in [5, 5.41) is 38.9. The second kappa shape index (κ2) is 27.8. The monoisotopic (exact) mass is 1010 g/mol.